The van der Waals surface area contributed by atoms with E-state index in [0.717, 1.165) is 49.0 Å². The van der Waals surface area contributed by atoms with Gasteiger partial charge in [-0.15, -0.1) is 0 Å². The van der Waals surface area contributed by atoms with Crippen molar-refractivity contribution in [1.82, 2.24) is 9.80 Å². The molecule has 1 amide bonds. The Morgan fingerprint density at radius 2 is 1.86 bits per heavy atom. The molecule has 1 N–H and O–H groups in total. The number of amides is 1. The Bertz CT molecular complexity index is 865. The number of benzene rings is 2. The number of aryl methyl sites for hydroxylation is 1. The lowest BCUT2D eigenvalue weighted by Crippen LogP contribution is -2.62. The number of likely N-dealkylation sites (N-methyl/N-ethyl adjacent to an activating group) is 1. The lowest BCUT2D eigenvalue weighted by molar-refractivity contribution is -0.0601. The van der Waals surface area contributed by atoms with Crippen LogP contribution in [0.2, 0.25) is 0 Å². The van der Waals surface area contributed by atoms with Crippen LogP contribution in [0.25, 0.3) is 11.1 Å². The summed E-state index contributed by atoms with van der Waals surface area (Å²) >= 11 is 0. The van der Waals surface area contributed by atoms with Crippen LogP contribution in [0.5, 0.6) is 0 Å². The maximum Gasteiger partial charge on any atom is 0.253 e. The predicted octanol–water partition coefficient (Wildman–Crippen LogP) is 3.58. The molecule has 0 spiro atoms. The van der Waals surface area contributed by atoms with Crippen LogP contribution >= 0.6 is 0 Å². The molecule has 2 heterocycles. The van der Waals surface area contributed by atoms with Gasteiger partial charge < -0.3 is 14.9 Å². The molecule has 0 unspecified atom stereocenters. The Hall–Kier alpha value is -2.17. The van der Waals surface area contributed by atoms with Gasteiger partial charge >= 0.3 is 0 Å². The van der Waals surface area contributed by atoms with Gasteiger partial charge in [-0.2, -0.15) is 0 Å². The molecule has 2 fully saturated rings. The fourth-order valence-corrected chi connectivity index (χ4v) is 5.04. The Balaban J connectivity index is 1.56. The number of carbonyl (C=O) groups excluding carboxylic acids is 1. The van der Waals surface area contributed by atoms with E-state index in [1.165, 1.54) is 5.56 Å². The van der Waals surface area contributed by atoms with Crippen molar-refractivity contribution in [3.8, 4) is 11.1 Å². The second kappa shape index (κ2) is 7.69. The molecule has 2 aliphatic rings. The number of piperidine rings is 2. The number of fused-ring (bicyclic) bond motifs is 1. The van der Waals surface area contributed by atoms with E-state index in [-0.39, 0.29) is 24.0 Å². The van der Waals surface area contributed by atoms with Crippen LogP contribution in [0.15, 0.2) is 48.5 Å². The van der Waals surface area contributed by atoms with Crippen LogP contribution in [-0.4, -0.2) is 60.1 Å². The second-order valence-electron chi connectivity index (χ2n) is 8.57. The first-order valence-corrected chi connectivity index (χ1v) is 10.3. The lowest BCUT2D eigenvalue weighted by Gasteiger charge is -2.53. The predicted molar refractivity (Wildman–Crippen MR) is 112 cm³/mol. The molecule has 0 bridgehead atoms. The third-order valence-electron chi connectivity index (χ3n) is 6.76. The minimum Gasteiger partial charge on any atom is -0.396 e. The van der Waals surface area contributed by atoms with Crippen molar-refractivity contribution in [2.45, 2.75) is 32.2 Å². The van der Waals surface area contributed by atoms with Gasteiger partial charge in [-0.05, 0) is 63.0 Å². The number of hydrogen-bond acceptors (Lipinski definition) is 3. The van der Waals surface area contributed by atoms with Crippen LogP contribution in [0.3, 0.4) is 0 Å². The monoisotopic (exact) mass is 378 g/mol. The van der Waals surface area contributed by atoms with Gasteiger partial charge in [0.2, 0.25) is 0 Å². The van der Waals surface area contributed by atoms with E-state index in [4.69, 9.17) is 0 Å². The molecular weight excluding hydrogens is 348 g/mol. The average molecular weight is 379 g/mol. The van der Waals surface area contributed by atoms with Gasteiger partial charge in [0.25, 0.3) is 5.91 Å². The minimum atomic E-state index is -0.0484. The van der Waals surface area contributed by atoms with E-state index in [0.29, 0.717) is 6.54 Å². The maximum absolute atomic E-state index is 13.3. The fourth-order valence-electron chi connectivity index (χ4n) is 5.04. The van der Waals surface area contributed by atoms with E-state index in [9.17, 15) is 9.90 Å². The van der Waals surface area contributed by atoms with Gasteiger partial charge in [-0.3, -0.25) is 4.79 Å². The van der Waals surface area contributed by atoms with E-state index >= 15 is 0 Å². The number of rotatable bonds is 3. The first-order valence-electron chi connectivity index (χ1n) is 10.3. The molecule has 0 aromatic heterocycles. The van der Waals surface area contributed by atoms with Gasteiger partial charge in [0.15, 0.2) is 0 Å². The SMILES string of the molecule is Cc1cccc(-c2cccc(C(=O)N3CC[C@@]4(CO)CCCN(C)[C@@H]4C3)c2)c1. The van der Waals surface area contributed by atoms with Crippen molar-refractivity contribution in [1.29, 1.82) is 0 Å². The van der Waals surface area contributed by atoms with Crippen LogP contribution in [0.4, 0.5) is 0 Å². The maximum atomic E-state index is 13.3. The van der Waals surface area contributed by atoms with Gasteiger partial charge in [0, 0.05) is 30.1 Å². The molecule has 0 aliphatic carbocycles. The smallest absolute Gasteiger partial charge is 0.253 e. The Morgan fingerprint density at radius 1 is 1.11 bits per heavy atom. The number of likely N-dealkylation sites (tertiary alicyclic amines) is 2. The molecular formula is C24H30N2O2. The topological polar surface area (TPSA) is 43.8 Å². The molecule has 148 valence electrons. The molecule has 4 nitrogen and oxygen atoms in total. The molecule has 0 saturated carbocycles. The first kappa shape index (κ1) is 19.2. The highest BCUT2D eigenvalue weighted by atomic mass is 16.3. The largest absolute Gasteiger partial charge is 0.396 e. The summed E-state index contributed by atoms with van der Waals surface area (Å²) < 4.78 is 0. The summed E-state index contributed by atoms with van der Waals surface area (Å²) in [5.74, 6) is 0.0972. The van der Waals surface area contributed by atoms with E-state index in [1.807, 2.05) is 23.1 Å². The highest BCUT2D eigenvalue weighted by molar-refractivity contribution is 5.95. The third-order valence-corrected chi connectivity index (χ3v) is 6.76. The standard InChI is InChI=1S/C24H30N2O2/c1-18-6-3-7-19(14-18)20-8-4-9-21(15-20)23(28)26-13-11-24(17-27)10-5-12-25(2)22(24)16-26/h3-4,6-9,14-15,22,27H,5,10-13,16-17H2,1-2H3/t22-,24-/m1/s1. The van der Waals surface area contributed by atoms with Crippen LogP contribution < -0.4 is 0 Å². The van der Waals surface area contributed by atoms with Crippen LogP contribution in [0.1, 0.15) is 35.2 Å². The van der Waals surface area contributed by atoms with Crippen molar-refractivity contribution in [3.05, 3.63) is 59.7 Å². The minimum absolute atomic E-state index is 0.0484. The van der Waals surface area contributed by atoms with Gasteiger partial charge in [0.05, 0.1) is 6.61 Å². The summed E-state index contributed by atoms with van der Waals surface area (Å²) in [6.45, 7) is 4.76. The van der Waals surface area contributed by atoms with E-state index in [2.05, 4.69) is 49.2 Å². The highest BCUT2D eigenvalue weighted by Gasteiger charge is 2.47. The van der Waals surface area contributed by atoms with Gasteiger partial charge in [-0.25, -0.2) is 0 Å². The quantitative estimate of drug-likeness (QED) is 0.888. The van der Waals surface area contributed by atoms with Crippen LogP contribution in [0, 0.1) is 12.3 Å². The summed E-state index contributed by atoms with van der Waals surface area (Å²) in [4.78, 5) is 17.6. The lowest BCUT2D eigenvalue weighted by atomic mass is 9.69. The molecule has 2 atom stereocenters. The Labute approximate surface area is 167 Å². The van der Waals surface area contributed by atoms with Crippen molar-refractivity contribution in [3.63, 3.8) is 0 Å². The normalized spacial score (nSPS) is 25.4. The molecule has 2 aromatic rings. The van der Waals surface area contributed by atoms with Crippen LogP contribution in [-0.2, 0) is 0 Å². The van der Waals surface area contributed by atoms with E-state index in [1.54, 1.807) is 0 Å². The average Bonchev–Trinajstić information content (AvgIpc) is 2.73. The zero-order valence-electron chi connectivity index (χ0n) is 16.9. The number of aliphatic hydroxyl groups is 1. The van der Waals surface area contributed by atoms with Crippen molar-refractivity contribution in [2.75, 3.05) is 33.3 Å². The summed E-state index contributed by atoms with van der Waals surface area (Å²) in [6, 6.07) is 16.6. The van der Waals surface area contributed by atoms with E-state index < -0.39 is 0 Å². The highest BCUT2D eigenvalue weighted by Crippen LogP contribution is 2.41. The number of hydrogen-bond donors (Lipinski definition) is 1. The van der Waals surface area contributed by atoms with Gasteiger partial charge in [0.1, 0.15) is 0 Å². The summed E-state index contributed by atoms with van der Waals surface area (Å²) in [5.41, 5.74) is 4.12. The number of aliphatic hydroxyl groups excluding tert-OH is 1. The Morgan fingerprint density at radius 3 is 2.61 bits per heavy atom. The summed E-state index contributed by atoms with van der Waals surface area (Å²) in [6.07, 6.45) is 3.06. The molecule has 2 aromatic carbocycles. The zero-order chi connectivity index (χ0) is 19.7. The molecule has 4 heteroatoms. The fraction of sp³-hybridized carbons (Fsp3) is 0.458. The van der Waals surface area contributed by atoms with Crippen molar-refractivity contribution in [2.24, 2.45) is 5.41 Å². The molecule has 0 radical (unpaired) electrons. The molecule has 2 saturated heterocycles. The molecule has 2 aliphatic heterocycles. The second-order valence-corrected chi connectivity index (χ2v) is 8.57. The third kappa shape index (κ3) is 3.47. The molecule has 4 rings (SSSR count). The zero-order valence-corrected chi connectivity index (χ0v) is 16.9. The summed E-state index contributed by atoms with van der Waals surface area (Å²) in [5, 5.41) is 10.1. The Kier molecular flexibility index (Phi) is 5.26. The van der Waals surface area contributed by atoms with Crippen molar-refractivity contribution >= 4 is 5.91 Å². The number of carbonyl (C=O) groups is 1. The molecule has 28 heavy (non-hydrogen) atoms. The first-order chi connectivity index (χ1) is 13.5. The summed E-state index contributed by atoms with van der Waals surface area (Å²) in [7, 11) is 2.13. The van der Waals surface area contributed by atoms with Crippen molar-refractivity contribution < 1.29 is 9.90 Å². The number of nitrogens with zero attached hydrogens (tertiary/aromatic N) is 2. The van der Waals surface area contributed by atoms with Gasteiger partial charge in [-0.1, -0.05) is 42.0 Å².